The molecule has 1 aromatic heterocycles. The molecule has 0 saturated carbocycles. The van der Waals surface area contributed by atoms with Gasteiger partial charge in [0.25, 0.3) is 0 Å². The first kappa shape index (κ1) is 9.96. The van der Waals surface area contributed by atoms with Crippen LogP contribution in [0.4, 0.5) is 5.82 Å². The highest BCUT2D eigenvalue weighted by Gasteiger charge is 2.00. The van der Waals surface area contributed by atoms with Crippen LogP contribution in [0.25, 0.3) is 0 Å². The molecule has 1 heterocycles. The predicted molar refractivity (Wildman–Crippen MR) is 54.9 cm³/mol. The van der Waals surface area contributed by atoms with Crippen molar-refractivity contribution in [2.24, 2.45) is 0 Å². The molecule has 1 aromatic rings. The molecule has 3 heteroatoms. The lowest BCUT2D eigenvalue weighted by atomic mass is 10.3. The summed E-state index contributed by atoms with van der Waals surface area (Å²) in [6.45, 7) is 8.22. The van der Waals surface area contributed by atoms with Crippen LogP contribution in [0.15, 0.2) is 6.07 Å². The van der Waals surface area contributed by atoms with Crippen molar-refractivity contribution in [3.63, 3.8) is 0 Å². The highest BCUT2D eigenvalue weighted by Crippen LogP contribution is 2.08. The van der Waals surface area contributed by atoms with Crippen molar-refractivity contribution >= 4 is 5.82 Å². The lowest BCUT2D eigenvalue weighted by Gasteiger charge is -2.10. The predicted octanol–water partition coefficient (Wildman–Crippen LogP) is 2.17. The summed E-state index contributed by atoms with van der Waals surface area (Å²) in [5.74, 6) is 1.77. The average molecular weight is 179 g/mol. The lowest BCUT2D eigenvalue weighted by Crippen LogP contribution is -2.12. The van der Waals surface area contributed by atoms with E-state index < -0.39 is 0 Å². The van der Waals surface area contributed by atoms with Crippen molar-refractivity contribution in [3.8, 4) is 0 Å². The Morgan fingerprint density at radius 1 is 1.38 bits per heavy atom. The molecular weight excluding hydrogens is 162 g/mol. The maximum absolute atomic E-state index is 4.31. The van der Waals surface area contributed by atoms with Crippen LogP contribution in [0.5, 0.6) is 0 Å². The number of anilines is 1. The first-order valence-corrected chi connectivity index (χ1v) is 4.73. The topological polar surface area (TPSA) is 37.8 Å². The molecule has 0 unspecified atom stereocenters. The minimum Gasteiger partial charge on any atom is -0.368 e. The van der Waals surface area contributed by atoms with Crippen LogP contribution >= 0.6 is 0 Å². The molecule has 0 radical (unpaired) electrons. The van der Waals surface area contributed by atoms with E-state index in [0.717, 1.165) is 23.8 Å². The van der Waals surface area contributed by atoms with Gasteiger partial charge in [0.2, 0.25) is 0 Å². The van der Waals surface area contributed by atoms with E-state index in [1.165, 1.54) is 0 Å². The quantitative estimate of drug-likeness (QED) is 0.772. The summed E-state index contributed by atoms with van der Waals surface area (Å²) in [6.07, 6.45) is 0.954. The summed E-state index contributed by atoms with van der Waals surface area (Å²) in [7, 11) is 0. The van der Waals surface area contributed by atoms with Gasteiger partial charge in [0, 0.05) is 17.8 Å². The third-order valence-corrected chi connectivity index (χ3v) is 1.69. The van der Waals surface area contributed by atoms with Gasteiger partial charge in [-0.1, -0.05) is 6.92 Å². The molecule has 0 aromatic carbocycles. The fraction of sp³-hybridized carbons (Fsp3) is 0.600. The second-order valence-corrected chi connectivity index (χ2v) is 3.44. The van der Waals surface area contributed by atoms with Gasteiger partial charge in [-0.05, 0) is 27.2 Å². The zero-order chi connectivity index (χ0) is 9.84. The third kappa shape index (κ3) is 3.01. The van der Waals surface area contributed by atoms with Gasteiger partial charge < -0.3 is 5.32 Å². The van der Waals surface area contributed by atoms with Crippen LogP contribution in [0.3, 0.4) is 0 Å². The molecule has 0 spiro atoms. The van der Waals surface area contributed by atoms with E-state index in [9.17, 15) is 0 Å². The van der Waals surface area contributed by atoms with Crippen LogP contribution in [-0.4, -0.2) is 16.0 Å². The zero-order valence-electron chi connectivity index (χ0n) is 8.76. The molecule has 0 aliphatic rings. The van der Waals surface area contributed by atoms with Gasteiger partial charge in [0.1, 0.15) is 11.6 Å². The maximum Gasteiger partial charge on any atom is 0.130 e. The third-order valence-electron chi connectivity index (χ3n) is 1.69. The number of rotatable bonds is 3. The standard InChI is InChI=1S/C10H17N3/c1-5-9-6-10(11-7(2)3)13-8(4)12-9/h6-7H,5H2,1-4H3,(H,11,12,13). The summed E-state index contributed by atoms with van der Waals surface area (Å²) in [6, 6.07) is 2.42. The van der Waals surface area contributed by atoms with Crippen LogP contribution in [0.2, 0.25) is 0 Å². The molecule has 0 aliphatic heterocycles. The number of aromatic nitrogens is 2. The zero-order valence-corrected chi connectivity index (χ0v) is 8.76. The Bertz CT molecular complexity index is 281. The largest absolute Gasteiger partial charge is 0.368 e. The first-order valence-electron chi connectivity index (χ1n) is 4.73. The molecule has 1 rings (SSSR count). The van der Waals surface area contributed by atoms with Crippen LogP contribution < -0.4 is 5.32 Å². The molecule has 0 saturated heterocycles. The highest BCUT2D eigenvalue weighted by atomic mass is 15.0. The first-order chi connectivity index (χ1) is 6.11. The second kappa shape index (κ2) is 4.21. The fourth-order valence-corrected chi connectivity index (χ4v) is 1.18. The van der Waals surface area contributed by atoms with E-state index in [1.807, 2.05) is 13.0 Å². The lowest BCUT2D eigenvalue weighted by molar-refractivity contribution is 0.870. The van der Waals surface area contributed by atoms with Gasteiger partial charge in [-0.15, -0.1) is 0 Å². The number of hydrogen-bond donors (Lipinski definition) is 1. The van der Waals surface area contributed by atoms with Crippen molar-refractivity contribution < 1.29 is 0 Å². The van der Waals surface area contributed by atoms with Crippen molar-refractivity contribution in [2.45, 2.75) is 40.2 Å². The minimum atomic E-state index is 0.416. The summed E-state index contributed by atoms with van der Waals surface area (Å²) in [5.41, 5.74) is 1.09. The Balaban J connectivity index is 2.88. The van der Waals surface area contributed by atoms with Crippen molar-refractivity contribution in [1.82, 2.24) is 9.97 Å². The average Bonchev–Trinajstić information content (AvgIpc) is 2.01. The van der Waals surface area contributed by atoms with E-state index in [4.69, 9.17) is 0 Å². The molecule has 1 N–H and O–H groups in total. The SMILES string of the molecule is CCc1cc(NC(C)C)nc(C)n1. The van der Waals surface area contributed by atoms with Gasteiger partial charge >= 0.3 is 0 Å². The Labute approximate surface area is 79.6 Å². The highest BCUT2D eigenvalue weighted by molar-refractivity contribution is 5.36. The van der Waals surface area contributed by atoms with E-state index in [-0.39, 0.29) is 0 Å². The molecule has 0 aliphatic carbocycles. The molecule has 3 nitrogen and oxygen atoms in total. The van der Waals surface area contributed by atoms with Gasteiger partial charge in [0.05, 0.1) is 0 Å². The number of hydrogen-bond acceptors (Lipinski definition) is 3. The number of nitrogens with one attached hydrogen (secondary N) is 1. The van der Waals surface area contributed by atoms with E-state index >= 15 is 0 Å². The van der Waals surface area contributed by atoms with Gasteiger partial charge in [-0.25, -0.2) is 9.97 Å². The van der Waals surface area contributed by atoms with E-state index in [0.29, 0.717) is 6.04 Å². The van der Waals surface area contributed by atoms with Gasteiger partial charge in [0.15, 0.2) is 0 Å². The number of aryl methyl sites for hydroxylation is 2. The molecule has 72 valence electrons. The van der Waals surface area contributed by atoms with Crippen LogP contribution in [-0.2, 0) is 6.42 Å². The Kier molecular flexibility index (Phi) is 3.23. The summed E-state index contributed by atoms with van der Waals surface area (Å²) >= 11 is 0. The van der Waals surface area contributed by atoms with Gasteiger partial charge in [-0.3, -0.25) is 0 Å². The Hall–Kier alpha value is -1.12. The molecule has 13 heavy (non-hydrogen) atoms. The van der Waals surface area contributed by atoms with Crippen LogP contribution in [0.1, 0.15) is 32.3 Å². The molecular formula is C10H17N3. The molecule has 0 fully saturated rings. The van der Waals surface area contributed by atoms with E-state index in [1.54, 1.807) is 0 Å². The monoisotopic (exact) mass is 179 g/mol. The summed E-state index contributed by atoms with van der Waals surface area (Å²) in [5, 5.41) is 3.27. The molecule has 0 bridgehead atoms. The van der Waals surface area contributed by atoms with Crippen LogP contribution in [0, 0.1) is 6.92 Å². The van der Waals surface area contributed by atoms with E-state index in [2.05, 4.69) is 36.1 Å². The minimum absolute atomic E-state index is 0.416. The van der Waals surface area contributed by atoms with Crippen molar-refractivity contribution in [1.29, 1.82) is 0 Å². The summed E-state index contributed by atoms with van der Waals surface area (Å²) in [4.78, 5) is 8.61. The Morgan fingerprint density at radius 2 is 2.08 bits per heavy atom. The summed E-state index contributed by atoms with van der Waals surface area (Å²) < 4.78 is 0. The smallest absolute Gasteiger partial charge is 0.130 e. The Morgan fingerprint density at radius 3 is 2.62 bits per heavy atom. The molecule has 0 atom stereocenters. The number of nitrogens with zero attached hydrogens (tertiary/aromatic N) is 2. The van der Waals surface area contributed by atoms with Gasteiger partial charge in [-0.2, -0.15) is 0 Å². The van der Waals surface area contributed by atoms with Crippen molar-refractivity contribution in [2.75, 3.05) is 5.32 Å². The maximum atomic E-state index is 4.31. The van der Waals surface area contributed by atoms with Crippen molar-refractivity contribution in [3.05, 3.63) is 17.6 Å². The molecule has 0 amide bonds. The fourth-order valence-electron chi connectivity index (χ4n) is 1.18. The second-order valence-electron chi connectivity index (χ2n) is 3.44. The normalized spacial score (nSPS) is 10.5.